The largest absolute Gasteiger partial charge is 0.356 e. The molecule has 1 aromatic heterocycles. The minimum absolute atomic E-state index is 0.130. The Morgan fingerprint density at radius 1 is 1.47 bits per heavy atom. The zero-order valence-electron chi connectivity index (χ0n) is 10.2. The minimum Gasteiger partial charge on any atom is -0.356 e. The van der Waals surface area contributed by atoms with Crippen LogP contribution in [0.5, 0.6) is 0 Å². The third kappa shape index (κ3) is 2.92. The van der Waals surface area contributed by atoms with Gasteiger partial charge in [-0.15, -0.1) is 0 Å². The van der Waals surface area contributed by atoms with Crippen molar-refractivity contribution in [3.63, 3.8) is 0 Å². The van der Waals surface area contributed by atoms with Crippen molar-refractivity contribution in [2.45, 2.75) is 45.1 Å². The van der Waals surface area contributed by atoms with E-state index in [2.05, 4.69) is 27.8 Å². The summed E-state index contributed by atoms with van der Waals surface area (Å²) in [5.74, 6) is 0.130. The van der Waals surface area contributed by atoms with Gasteiger partial charge in [0.05, 0.1) is 0 Å². The quantitative estimate of drug-likeness (QED) is 0.910. The molecule has 0 bridgehead atoms. The first-order valence-electron chi connectivity index (χ1n) is 6.37. The van der Waals surface area contributed by atoms with Gasteiger partial charge in [0.2, 0.25) is 0 Å². The summed E-state index contributed by atoms with van der Waals surface area (Å²) >= 11 is 3.37. The second-order valence-corrected chi connectivity index (χ2v) is 5.53. The van der Waals surface area contributed by atoms with Crippen LogP contribution >= 0.6 is 15.9 Å². The summed E-state index contributed by atoms with van der Waals surface area (Å²) in [5, 5.41) is 0. The molecule has 2 rings (SSSR count). The van der Waals surface area contributed by atoms with Crippen molar-refractivity contribution in [3.8, 4) is 0 Å². The van der Waals surface area contributed by atoms with Crippen LogP contribution in [0.1, 0.15) is 49.5 Å². The first-order chi connectivity index (χ1) is 8.22. The predicted molar refractivity (Wildman–Crippen MR) is 72.1 cm³/mol. The van der Waals surface area contributed by atoms with Crippen LogP contribution in [0.3, 0.4) is 0 Å². The van der Waals surface area contributed by atoms with E-state index in [1.807, 2.05) is 17.2 Å². The standard InChI is InChI=1S/C13H19BrN2O/c1-2-16(11-6-4-3-5-7-11)13(17)12-8-10(14)9-15-12/h8-9,11,15H,2-7H2,1H3. The zero-order valence-corrected chi connectivity index (χ0v) is 11.8. The van der Waals surface area contributed by atoms with Gasteiger partial charge in [-0.25, -0.2) is 0 Å². The predicted octanol–water partition coefficient (Wildman–Crippen LogP) is 3.57. The first kappa shape index (κ1) is 12.7. The smallest absolute Gasteiger partial charge is 0.270 e. The van der Waals surface area contributed by atoms with Crippen molar-refractivity contribution in [3.05, 3.63) is 22.4 Å². The molecule has 1 N–H and O–H groups in total. The van der Waals surface area contributed by atoms with Gasteiger partial charge in [-0.3, -0.25) is 4.79 Å². The molecule has 0 aliphatic heterocycles. The van der Waals surface area contributed by atoms with Crippen LogP contribution in [0.25, 0.3) is 0 Å². The lowest BCUT2D eigenvalue weighted by atomic mass is 9.94. The maximum absolute atomic E-state index is 12.4. The van der Waals surface area contributed by atoms with Crippen LogP contribution in [0.2, 0.25) is 0 Å². The minimum atomic E-state index is 0.130. The molecule has 0 unspecified atom stereocenters. The number of hydrogen-bond acceptors (Lipinski definition) is 1. The van der Waals surface area contributed by atoms with E-state index in [1.54, 1.807) is 0 Å². The Morgan fingerprint density at radius 3 is 2.71 bits per heavy atom. The van der Waals surface area contributed by atoms with Crippen LogP contribution in [-0.4, -0.2) is 28.4 Å². The van der Waals surface area contributed by atoms with Crippen LogP contribution in [-0.2, 0) is 0 Å². The molecule has 17 heavy (non-hydrogen) atoms. The molecule has 0 radical (unpaired) electrons. The number of nitrogens with zero attached hydrogens (tertiary/aromatic N) is 1. The van der Waals surface area contributed by atoms with Gasteiger partial charge in [-0.05, 0) is 41.8 Å². The molecule has 0 aromatic carbocycles. The molecule has 0 spiro atoms. The average Bonchev–Trinajstić information content (AvgIpc) is 2.78. The van der Waals surface area contributed by atoms with Gasteiger partial charge < -0.3 is 9.88 Å². The lowest BCUT2D eigenvalue weighted by molar-refractivity contribution is 0.0642. The first-order valence-corrected chi connectivity index (χ1v) is 7.16. The van der Waals surface area contributed by atoms with Gasteiger partial charge in [-0.1, -0.05) is 19.3 Å². The SMILES string of the molecule is CCN(C(=O)c1cc(Br)c[nH]1)C1CCCCC1. The summed E-state index contributed by atoms with van der Waals surface area (Å²) in [4.78, 5) is 17.4. The summed E-state index contributed by atoms with van der Waals surface area (Å²) in [6.45, 7) is 2.85. The fourth-order valence-corrected chi connectivity index (χ4v) is 2.95. The number of nitrogens with one attached hydrogen (secondary N) is 1. The zero-order chi connectivity index (χ0) is 12.3. The number of amides is 1. The van der Waals surface area contributed by atoms with E-state index in [0.29, 0.717) is 11.7 Å². The third-order valence-electron chi connectivity index (χ3n) is 3.50. The summed E-state index contributed by atoms with van der Waals surface area (Å²) < 4.78 is 0.931. The number of aromatic nitrogens is 1. The normalized spacial score (nSPS) is 17.1. The Bertz CT molecular complexity index is 383. The van der Waals surface area contributed by atoms with E-state index >= 15 is 0 Å². The number of halogens is 1. The second-order valence-electron chi connectivity index (χ2n) is 4.61. The topological polar surface area (TPSA) is 36.1 Å². The lowest BCUT2D eigenvalue weighted by Gasteiger charge is -2.33. The fourth-order valence-electron chi connectivity index (χ4n) is 2.61. The molecule has 1 amide bonds. The van der Waals surface area contributed by atoms with Gasteiger partial charge in [-0.2, -0.15) is 0 Å². The van der Waals surface area contributed by atoms with E-state index in [4.69, 9.17) is 0 Å². The Labute approximate surface area is 111 Å². The summed E-state index contributed by atoms with van der Waals surface area (Å²) in [6.07, 6.45) is 7.94. The molecule has 1 aliphatic rings. The number of H-pyrrole nitrogens is 1. The van der Waals surface area contributed by atoms with Crippen molar-refractivity contribution in [2.75, 3.05) is 6.54 Å². The van der Waals surface area contributed by atoms with Crippen molar-refractivity contribution >= 4 is 21.8 Å². The molecule has 1 heterocycles. The van der Waals surface area contributed by atoms with Crippen LogP contribution in [0.15, 0.2) is 16.7 Å². The second kappa shape index (κ2) is 5.71. The Kier molecular flexibility index (Phi) is 4.26. The number of carbonyl (C=O) groups excluding carboxylic acids is 1. The Hall–Kier alpha value is -0.770. The van der Waals surface area contributed by atoms with Crippen LogP contribution < -0.4 is 0 Å². The highest BCUT2D eigenvalue weighted by Crippen LogP contribution is 2.24. The highest BCUT2D eigenvalue weighted by Gasteiger charge is 2.25. The van der Waals surface area contributed by atoms with Crippen molar-refractivity contribution in [2.24, 2.45) is 0 Å². The van der Waals surface area contributed by atoms with Crippen LogP contribution in [0, 0.1) is 0 Å². The van der Waals surface area contributed by atoms with E-state index in [0.717, 1.165) is 23.9 Å². The third-order valence-corrected chi connectivity index (χ3v) is 3.95. The van der Waals surface area contributed by atoms with Crippen LogP contribution in [0.4, 0.5) is 0 Å². The lowest BCUT2D eigenvalue weighted by Crippen LogP contribution is -2.41. The molecule has 0 saturated heterocycles. The van der Waals surface area contributed by atoms with E-state index < -0.39 is 0 Å². The average molecular weight is 299 g/mol. The Morgan fingerprint density at radius 2 is 2.18 bits per heavy atom. The number of rotatable bonds is 3. The van der Waals surface area contributed by atoms with E-state index in [9.17, 15) is 4.79 Å². The molecule has 1 fully saturated rings. The molecule has 1 aromatic rings. The molecule has 1 aliphatic carbocycles. The molecule has 1 saturated carbocycles. The number of aromatic amines is 1. The van der Waals surface area contributed by atoms with Crippen molar-refractivity contribution in [1.29, 1.82) is 0 Å². The molecular weight excluding hydrogens is 280 g/mol. The molecule has 94 valence electrons. The van der Waals surface area contributed by atoms with E-state index in [1.165, 1.54) is 19.3 Å². The molecule has 4 heteroatoms. The van der Waals surface area contributed by atoms with Gasteiger partial charge >= 0.3 is 0 Å². The molecule has 3 nitrogen and oxygen atoms in total. The van der Waals surface area contributed by atoms with Gasteiger partial charge in [0.1, 0.15) is 5.69 Å². The van der Waals surface area contributed by atoms with Crippen molar-refractivity contribution in [1.82, 2.24) is 9.88 Å². The summed E-state index contributed by atoms with van der Waals surface area (Å²) in [6, 6.07) is 2.29. The Balaban J connectivity index is 2.09. The van der Waals surface area contributed by atoms with E-state index in [-0.39, 0.29) is 5.91 Å². The van der Waals surface area contributed by atoms with Gasteiger partial charge in [0, 0.05) is 23.3 Å². The monoisotopic (exact) mass is 298 g/mol. The molecule has 0 atom stereocenters. The summed E-state index contributed by atoms with van der Waals surface area (Å²) in [7, 11) is 0. The maximum Gasteiger partial charge on any atom is 0.270 e. The number of carbonyl (C=O) groups is 1. The number of hydrogen-bond donors (Lipinski definition) is 1. The van der Waals surface area contributed by atoms with Gasteiger partial charge in [0.25, 0.3) is 5.91 Å². The fraction of sp³-hybridized carbons (Fsp3) is 0.615. The maximum atomic E-state index is 12.4. The highest BCUT2D eigenvalue weighted by atomic mass is 79.9. The van der Waals surface area contributed by atoms with Crippen molar-refractivity contribution < 1.29 is 4.79 Å². The molecular formula is C13H19BrN2O. The highest BCUT2D eigenvalue weighted by molar-refractivity contribution is 9.10. The van der Waals surface area contributed by atoms with Gasteiger partial charge in [0.15, 0.2) is 0 Å². The summed E-state index contributed by atoms with van der Waals surface area (Å²) in [5.41, 5.74) is 0.685.